The standard InChI is InChI=1S/C12H26N2O3S/c1-5-6-10(3)14-12(15)11(4)18(16,17)8-7-9(2)13/h9-11H,5-8,13H2,1-4H3,(H,14,15). The van der Waals surface area contributed by atoms with E-state index in [1.807, 2.05) is 13.8 Å². The van der Waals surface area contributed by atoms with Gasteiger partial charge in [0.25, 0.3) is 0 Å². The molecular formula is C12H26N2O3S. The van der Waals surface area contributed by atoms with Crippen molar-refractivity contribution in [1.82, 2.24) is 5.32 Å². The van der Waals surface area contributed by atoms with Crippen molar-refractivity contribution in [2.24, 2.45) is 5.73 Å². The van der Waals surface area contributed by atoms with Gasteiger partial charge in [-0.2, -0.15) is 0 Å². The molecule has 108 valence electrons. The maximum atomic E-state index is 11.9. The number of hydrogen-bond donors (Lipinski definition) is 2. The second-order valence-corrected chi connectivity index (χ2v) is 7.41. The highest BCUT2D eigenvalue weighted by Crippen LogP contribution is 2.06. The molecule has 0 aliphatic heterocycles. The van der Waals surface area contributed by atoms with Crippen LogP contribution in [0.5, 0.6) is 0 Å². The van der Waals surface area contributed by atoms with Crippen molar-refractivity contribution >= 4 is 15.7 Å². The van der Waals surface area contributed by atoms with Gasteiger partial charge in [-0.3, -0.25) is 4.79 Å². The summed E-state index contributed by atoms with van der Waals surface area (Å²) < 4.78 is 23.8. The van der Waals surface area contributed by atoms with Crippen molar-refractivity contribution < 1.29 is 13.2 Å². The van der Waals surface area contributed by atoms with E-state index in [2.05, 4.69) is 5.32 Å². The number of carbonyl (C=O) groups excluding carboxylic acids is 1. The number of nitrogens with one attached hydrogen (secondary N) is 1. The monoisotopic (exact) mass is 278 g/mol. The lowest BCUT2D eigenvalue weighted by Gasteiger charge is -2.17. The summed E-state index contributed by atoms with van der Waals surface area (Å²) in [7, 11) is -3.41. The third-order valence-electron chi connectivity index (χ3n) is 2.88. The van der Waals surface area contributed by atoms with Gasteiger partial charge in [0, 0.05) is 12.1 Å². The van der Waals surface area contributed by atoms with E-state index in [1.165, 1.54) is 6.92 Å². The predicted octanol–water partition coefficient (Wildman–Crippen LogP) is 0.832. The third kappa shape index (κ3) is 6.35. The molecule has 0 spiro atoms. The maximum Gasteiger partial charge on any atom is 0.238 e. The van der Waals surface area contributed by atoms with Gasteiger partial charge in [0.15, 0.2) is 9.84 Å². The van der Waals surface area contributed by atoms with Crippen LogP contribution in [0.1, 0.15) is 47.0 Å². The van der Waals surface area contributed by atoms with Crippen molar-refractivity contribution in [2.75, 3.05) is 5.75 Å². The molecule has 0 aliphatic carbocycles. The molecule has 3 N–H and O–H groups in total. The smallest absolute Gasteiger partial charge is 0.238 e. The molecule has 0 saturated heterocycles. The first kappa shape index (κ1) is 17.4. The molecule has 0 aliphatic rings. The maximum absolute atomic E-state index is 11.9. The number of sulfone groups is 1. The van der Waals surface area contributed by atoms with Gasteiger partial charge in [-0.1, -0.05) is 13.3 Å². The summed E-state index contributed by atoms with van der Waals surface area (Å²) in [6, 6.07) is -0.164. The molecule has 0 aromatic heterocycles. The van der Waals surface area contributed by atoms with Gasteiger partial charge in [-0.15, -0.1) is 0 Å². The second-order valence-electron chi connectivity index (χ2n) is 4.97. The number of hydrogen-bond acceptors (Lipinski definition) is 4. The Balaban J connectivity index is 4.43. The molecule has 0 rings (SSSR count). The SMILES string of the molecule is CCCC(C)NC(=O)C(C)S(=O)(=O)CCC(C)N. The molecular weight excluding hydrogens is 252 g/mol. The fraction of sp³-hybridized carbons (Fsp3) is 0.917. The zero-order valence-electron chi connectivity index (χ0n) is 11.8. The van der Waals surface area contributed by atoms with E-state index < -0.39 is 21.0 Å². The Morgan fingerprint density at radius 2 is 1.78 bits per heavy atom. The van der Waals surface area contributed by atoms with E-state index >= 15 is 0 Å². The molecule has 0 saturated carbocycles. The highest BCUT2D eigenvalue weighted by molar-refractivity contribution is 7.92. The summed E-state index contributed by atoms with van der Waals surface area (Å²) in [5.41, 5.74) is 5.53. The minimum atomic E-state index is -3.41. The van der Waals surface area contributed by atoms with Crippen LogP contribution in [0.15, 0.2) is 0 Å². The number of nitrogens with two attached hydrogens (primary N) is 1. The van der Waals surface area contributed by atoms with Crippen LogP contribution in [-0.4, -0.2) is 37.4 Å². The summed E-state index contributed by atoms with van der Waals surface area (Å²) in [5, 5.41) is 1.72. The van der Waals surface area contributed by atoms with Crippen LogP contribution in [0.2, 0.25) is 0 Å². The molecule has 0 fully saturated rings. The van der Waals surface area contributed by atoms with Crippen molar-refractivity contribution in [1.29, 1.82) is 0 Å². The normalized spacial score (nSPS) is 16.9. The van der Waals surface area contributed by atoms with Gasteiger partial charge < -0.3 is 11.1 Å². The van der Waals surface area contributed by atoms with Gasteiger partial charge in [0.1, 0.15) is 5.25 Å². The highest BCUT2D eigenvalue weighted by atomic mass is 32.2. The molecule has 0 aromatic carbocycles. The second kappa shape index (κ2) is 7.74. The largest absolute Gasteiger partial charge is 0.353 e. The van der Waals surface area contributed by atoms with E-state index in [1.54, 1.807) is 6.92 Å². The Bertz CT molecular complexity index is 352. The molecule has 0 heterocycles. The van der Waals surface area contributed by atoms with E-state index in [0.29, 0.717) is 6.42 Å². The predicted molar refractivity (Wildman–Crippen MR) is 74.0 cm³/mol. The van der Waals surface area contributed by atoms with Crippen molar-refractivity contribution in [2.45, 2.75) is 64.3 Å². The Morgan fingerprint density at radius 3 is 2.22 bits per heavy atom. The average molecular weight is 278 g/mol. The van der Waals surface area contributed by atoms with Crippen molar-refractivity contribution in [3.8, 4) is 0 Å². The van der Waals surface area contributed by atoms with E-state index in [0.717, 1.165) is 12.8 Å². The van der Waals surface area contributed by atoms with Crippen molar-refractivity contribution in [3.63, 3.8) is 0 Å². The summed E-state index contributed by atoms with van der Waals surface area (Å²) in [6.07, 6.45) is 2.18. The third-order valence-corrected chi connectivity index (χ3v) is 4.97. The fourth-order valence-corrected chi connectivity index (χ4v) is 3.00. The van der Waals surface area contributed by atoms with Gasteiger partial charge in [-0.05, 0) is 33.6 Å². The Morgan fingerprint density at radius 1 is 1.22 bits per heavy atom. The molecule has 3 atom stereocenters. The quantitative estimate of drug-likeness (QED) is 0.688. The minimum Gasteiger partial charge on any atom is -0.353 e. The lowest BCUT2D eigenvalue weighted by Crippen LogP contribution is -2.43. The zero-order chi connectivity index (χ0) is 14.3. The Labute approximate surface area is 110 Å². The summed E-state index contributed by atoms with van der Waals surface area (Å²) >= 11 is 0. The van der Waals surface area contributed by atoms with E-state index in [4.69, 9.17) is 5.73 Å². The topological polar surface area (TPSA) is 89.3 Å². The van der Waals surface area contributed by atoms with Gasteiger partial charge in [0.2, 0.25) is 5.91 Å². The first-order valence-corrected chi connectivity index (χ1v) is 8.19. The first-order valence-electron chi connectivity index (χ1n) is 6.48. The number of carbonyl (C=O) groups is 1. The molecule has 6 heteroatoms. The molecule has 3 unspecified atom stereocenters. The van der Waals surface area contributed by atoms with Crippen LogP contribution in [0.3, 0.4) is 0 Å². The lowest BCUT2D eigenvalue weighted by atomic mass is 10.2. The molecule has 18 heavy (non-hydrogen) atoms. The van der Waals surface area contributed by atoms with Gasteiger partial charge in [0.05, 0.1) is 5.75 Å². The summed E-state index contributed by atoms with van der Waals surface area (Å²) in [5.74, 6) is -0.456. The molecule has 0 radical (unpaired) electrons. The summed E-state index contributed by atoms with van der Waals surface area (Å²) in [6.45, 7) is 7.09. The average Bonchev–Trinajstić information content (AvgIpc) is 2.25. The number of rotatable bonds is 8. The van der Waals surface area contributed by atoms with Crippen LogP contribution in [-0.2, 0) is 14.6 Å². The zero-order valence-corrected chi connectivity index (χ0v) is 12.6. The number of amides is 1. The highest BCUT2D eigenvalue weighted by Gasteiger charge is 2.28. The van der Waals surface area contributed by atoms with Crippen LogP contribution in [0, 0.1) is 0 Å². The molecule has 0 aromatic rings. The van der Waals surface area contributed by atoms with Crippen LogP contribution < -0.4 is 11.1 Å². The van der Waals surface area contributed by atoms with Crippen LogP contribution in [0.25, 0.3) is 0 Å². The van der Waals surface area contributed by atoms with Crippen LogP contribution >= 0.6 is 0 Å². The molecule has 0 bridgehead atoms. The fourth-order valence-electron chi connectivity index (χ4n) is 1.56. The van der Waals surface area contributed by atoms with E-state index in [-0.39, 0.29) is 17.8 Å². The lowest BCUT2D eigenvalue weighted by molar-refractivity contribution is -0.121. The summed E-state index contributed by atoms with van der Waals surface area (Å²) in [4.78, 5) is 11.8. The Kier molecular flexibility index (Phi) is 7.47. The first-order chi connectivity index (χ1) is 8.20. The minimum absolute atomic E-state index is 0.00795. The van der Waals surface area contributed by atoms with Gasteiger partial charge in [-0.25, -0.2) is 8.42 Å². The van der Waals surface area contributed by atoms with E-state index in [9.17, 15) is 13.2 Å². The van der Waals surface area contributed by atoms with Gasteiger partial charge >= 0.3 is 0 Å². The Hall–Kier alpha value is -0.620. The molecule has 5 nitrogen and oxygen atoms in total. The molecule has 1 amide bonds. The van der Waals surface area contributed by atoms with Crippen LogP contribution in [0.4, 0.5) is 0 Å². The van der Waals surface area contributed by atoms with Crippen molar-refractivity contribution in [3.05, 3.63) is 0 Å².